The van der Waals surface area contributed by atoms with Crippen LogP contribution in [0.4, 0.5) is 4.79 Å². The van der Waals surface area contributed by atoms with Crippen LogP contribution in [0.15, 0.2) is 30.3 Å². The summed E-state index contributed by atoms with van der Waals surface area (Å²) < 4.78 is 5.38. The smallest absolute Gasteiger partial charge is 0.410 e. The Morgan fingerprint density at radius 2 is 2.14 bits per heavy atom. The monoisotopic (exact) mass is 306 g/mol. The van der Waals surface area contributed by atoms with Crippen LogP contribution in [-0.2, 0) is 11.3 Å². The third-order valence-corrected chi connectivity index (χ3v) is 4.12. The summed E-state index contributed by atoms with van der Waals surface area (Å²) in [6, 6.07) is 10.4. The molecule has 1 aliphatic rings. The average Bonchev–Trinajstić information content (AvgIpc) is 3.00. The van der Waals surface area contributed by atoms with Crippen molar-refractivity contribution in [3.05, 3.63) is 35.9 Å². The van der Waals surface area contributed by atoms with Crippen molar-refractivity contribution in [2.45, 2.75) is 39.0 Å². The maximum Gasteiger partial charge on any atom is 0.410 e. The molecule has 1 heterocycles. The topological polar surface area (TPSA) is 53.0 Å². The van der Waals surface area contributed by atoms with E-state index in [1.165, 1.54) is 0 Å². The number of likely N-dealkylation sites (tertiary alicyclic amines) is 1. The number of carbonyl (C=O) groups excluding carboxylic acids is 1. The molecule has 0 bridgehead atoms. The molecule has 0 unspecified atom stereocenters. The Bertz CT molecular complexity index is 464. The summed E-state index contributed by atoms with van der Waals surface area (Å²) in [6.45, 7) is 6.73. The van der Waals surface area contributed by atoms with Gasteiger partial charge in [-0.2, -0.15) is 0 Å². The van der Waals surface area contributed by atoms with Crippen LogP contribution < -0.4 is 0 Å². The van der Waals surface area contributed by atoms with Gasteiger partial charge in [-0.3, -0.25) is 4.90 Å². The first-order chi connectivity index (χ1) is 10.6. The van der Waals surface area contributed by atoms with Gasteiger partial charge >= 0.3 is 6.09 Å². The highest BCUT2D eigenvalue weighted by Crippen LogP contribution is 2.19. The first-order valence-corrected chi connectivity index (χ1v) is 7.94. The standard InChI is InChI=1S/C17H26N2O3/c1-14(2)19(10-11-20)16-8-9-18(12-16)17(21)22-13-15-6-4-3-5-7-15/h3-7,14,16,20H,8-13H2,1-2H3/t16-/m0/s1. The highest BCUT2D eigenvalue weighted by molar-refractivity contribution is 5.68. The van der Waals surface area contributed by atoms with E-state index in [1.807, 2.05) is 30.3 Å². The SMILES string of the molecule is CC(C)N(CCO)[C@H]1CCN(C(=O)OCc2ccccc2)C1. The fraction of sp³-hybridized carbons (Fsp3) is 0.588. The van der Waals surface area contributed by atoms with Crippen LogP contribution in [-0.4, -0.2) is 59.3 Å². The van der Waals surface area contributed by atoms with E-state index in [2.05, 4.69) is 18.7 Å². The van der Waals surface area contributed by atoms with Crippen molar-refractivity contribution in [1.82, 2.24) is 9.80 Å². The molecule has 1 fully saturated rings. The van der Waals surface area contributed by atoms with Gasteiger partial charge in [0.25, 0.3) is 0 Å². The second-order valence-electron chi connectivity index (χ2n) is 5.98. The molecule has 1 amide bonds. The molecule has 0 radical (unpaired) electrons. The van der Waals surface area contributed by atoms with E-state index in [1.54, 1.807) is 4.90 Å². The molecule has 22 heavy (non-hydrogen) atoms. The second-order valence-corrected chi connectivity index (χ2v) is 5.98. The number of rotatable bonds is 6. The highest BCUT2D eigenvalue weighted by Gasteiger charge is 2.32. The largest absolute Gasteiger partial charge is 0.445 e. The number of aliphatic hydroxyl groups is 1. The Hall–Kier alpha value is -1.59. The number of nitrogens with zero attached hydrogens (tertiary/aromatic N) is 2. The predicted octanol–water partition coefficient (Wildman–Crippen LogP) is 2.10. The van der Waals surface area contributed by atoms with Crippen LogP contribution in [0.5, 0.6) is 0 Å². The van der Waals surface area contributed by atoms with E-state index in [0.717, 1.165) is 12.0 Å². The number of aliphatic hydroxyl groups excluding tert-OH is 1. The molecule has 5 nitrogen and oxygen atoms in total. The number of carbonyl (C=O) groups is 1. The van der Waals surface area contributed by atoms with Gasteiger partial charge < -0.3 is 14.7 Å². The van der Waals surface area contributed by atoms with Gasteiger partial charge in [0.2, 0.25) is 0 Å². The van der Waals surface area contributed by atoms with Crippen LogP contribution in [0, 0.1) is 0 Å². The number of ether oxygens (including phenoxy) is 1. The van der Waals surface area contributed by atoms with Gasteiger partial charge in [0.15, 0.2) is 0 Å². The van der Waals surface area contributed by atoms with Crippen LogP contribution in [0.1, 0.15) is 25.8 Å². The summed E-state index contributed by atoms with van der Waals surface area (Å²) in [5, 5.41) is 9.18. The fourth-order valence-corrected chi connectivity index (χ4v) is 2.97. The van der Waals surface area contributed by atoms with E-state index >= 15 is 0 Å². The molecule has 0 aromatic heterocycles. The average molecular weight is 306 g/mol. The molecule has 0 saturated carbocycles. The van der Waals surface area contributed by atoms with Crippen molar-refractivity contribution in [2.75, 3.05) is 26.2 Å². The van der Waals surface area contributed by atoms with Gasteiger partial charge in [0, 0.05) is 31.7 Å². The van der Waals surface area contributed by atoms with E-state index < -0.39 is 0 Å². The van der Waals surface area contributed by atoms with E-state index in [-0.39, 0.29) is 12.7 Å². The summed E-state index contributed by atoms with van der Waals surface area (Å²) in [4.78, 5) is 16.2. The van der Waals surface area contributed by atoms with E-state index in [9.17, 15) is 9.90 Å². The van der Waals surface area contributed by atoms with Crippen LogP contribution in [0.2, 0.25) is 0 Å². The highest BCUT2D eigenvalue weighted by atomic mass is 16.6. The second kappa shape index (κ2) is 8.15. The Labute approximate surface area is 132 Å². The molecule has 1 saturated heterocycles. The van der Waals surface area contributed by atoms with Gasteiger partial charge in [-0.05, 0) is 25.8 Å². The van der Waals surface area contributed by atoms with Gasteiger partial charge in [-0.25, -0.2) is 4.79 Å². The molecule has 1 aliphatic heterocycles. The molecule has 2 rings (SSSR count). The molecule has 1 aromatic carbocycles. The summed E-state index contributed by atoms with van der Waals surface area (Å²) in [7, 11) is 0. The Kier molecular flexibility index (Phi) is 6.21. The minimum atomic E-state index is -0.251. The lowest BCUT2D eigenvalue weighted by atomic mass is 10.2. The molecule has 1 N–H and O–H groups in total. The predicted molar refractivity (Wildman–Crippen MR) is 85.5 cm³/mol. The lowest BCUT2D eigenvalue weighted by Gasteiger charge is -2.31. The van der Waals surface area contributed by atoms with Crippen LogP contribution >= 0.6 is 0 Å². The molecule has 1 atom stereocenters. The minimum absolute atomic E-state index is 0.146. The molecular weight excluding hydrogens is 280 g/mol. The first-order valence-electron chi connectivity index (χ1n) is 7.94. The number of amides is 1. The van der Waals surface area contributed by atoms with Gasteiger partial charge in [0.05, 0.1) is 6.61 Å². The van der Waals surface area contributed by atoms with Crippen molar-refractivity contribution in [2.24, 2.45) is 0 Å². The van der Waals surface area contributed by atoms with Crippen molar-refractivity contribution < 1.29 is 14.6 Å². The normalized spacial score (nSPS) is 18.2. The molecule has 0 spiro atoms. The quantitative estimate of drug-likeness (QED) is 0.874. The van der Waals surface area contributed by atoms with E-state index in [0.29, 0.717) is 38.3 Å². The number of benzene rings is 1. The first kappa shape index (κ1) is 16.8. The summed E-state index contributed by atoms with van der Waals surface area (Å²) in [5.41, 5.74) is 0.996. The van der Waals surface area contributed by atoms with Crippen LogP contribution in [0.3, 0.4) is 0 Å². The maximum absolute atomic E-state index is 12.2. The Morgan fingerprint density at radius 3 is 2.77 bits per heavy atom. The summed E-state index contributed by atoms with van der Waals surface area (Å²) >= 11 is 0. The zero-order chi connectivity index (χ0) is 15.9. The zero-order valence-corrected chi connectivity index (χ0v) is 13.4. The lowest BCUT2D eigenvalue weighted by Crippen LogP contribution is -2.44. The molecular formula is C17H26N2O3. The van der Waals surface area contributed by atoms with Gasteiger partial charge in [-0.1, -0.05) is 30.3 Å². The molecule has 5 heteroatoms. The third kappa shape index (κ3) is 4.45. The van der Waals surface area contributed by atoms with Crippen molar-refractivity contribution in [3.63, 3.8) is 0 Å². The summed E-state index contributed by atoms with van der Waals surface area (Å²) in [6.07, 6.45) is 0.678. The summed E-state index contributed by atoms with van der Waals surface area (Å²) in [5.74, 6) is 0. The van der Waals surface area contributed by atoms with Crippen molar-refractivity contribution in [1.29, 1.82) is 0 Å². The molecule has 1 aromatic rings. The Morgan fingerprint density at radius 1 is 1.41 bits per heavy atom. The van der Waals surface area contributed by atoms with Gasteiger partial charge in [-0.15, -0.1) is 0 Å². The van der Waals surface area contributed by atoms with Crippen molar-refractivity contribution in [3.8, 4) is 0 Å². The Balaban J connectivity index is 1.82. The number of hydrogen-bond acceptors (Lipinski definition) is 4. The van der Waals surface area contributed by atoms with E-state index in [4.69, 9.17) is 4.74 Å². The lowest BCUT2D eigenvalue weighted by molar-refractivity contribution is 0.0928. The maximum atomic E-state index is 12.2. The fourth-order valence-electron chi connectivity index (χ4n) is 2.97. The molecule has 122 valence electrons. The molecule has 0 aliphatic carbocycles. The third-order valence-electron chi connectivity index (χ3n) is 4.12. The minimum Gasteiger partial charge on any atom is -0.445 e. The number of hydrogen-bond donors (Lipinski definition) is 1. The van der Waals surface area contributed by atoms with Crippen molar-refractivity contribution >= 4 is 6.09 Å². The zero-order valence-electron chi connectivity index (χ0n) is 13.4. The van der Waals surface area contributed by atoms with Gasteiger partial charge in [0.1, 0.15) is 6.61 Å². The van der Waals surface area contributed by atoms with Crippen LogP contribution in [0.25, 0.3) is 0 Å².